The van der Waals surface area contributed by atoms with Gasteiger partial charge in [-0.05, 0) is 97.6 Å². The molecule has 232 valence electrons. The number of hydrogen-bond acceptors (Lipinski definition) is 2. The van der Waals surface area contributed by atoms with Crippen molar-refractivity contribution in [1.82, 2.24) is 0 Å². The van der Waals surface area contributed by atoms with E-state index in [0.29, 0.717) is 0 Å². The van der Waals surface area contributed by atoms with Gasteiger partial charge in [0.1, 0.15) is 11.2 Å². The summed E-state index contributed by atoms with van der Waals surface area (Å²) in [4.78, 5) is 2.40. The van der Waals surface area contributed by atoms with Crippen LogP contribution in [0.3, 0.4) is 0 Å². The first-order valence-corrected chi connectivity index (χ1v) is 17.2. The fraction of sp³-hybridized carbons (Fsp3) is 0. The largest absolute Gasteiger partial charge is 0.456 e. The standard InChI is InChI=1S/C48H29NO/c1-2-12-30(13-3-1)33-14-6-8-22-44(33)49(32-25-27-37-36-16-7-9-23-45(36)50-46(37)29-32)31-24-26-35-40-19-11-20-41-42-21-10-18-39(48(42)43(35)28-31)34-15-4-5-17-38(34)47(40)41/h1-29H. The molecule has 0 radical (unpaired) electrons. The molecule has 0 fully saturated rings. The first kappa shape index (κ1) is 27.3. The Morgan fingerprint density at radius 3 is 1.66 bits per heavy atom. The predicted molar refractivity (Wildman–Crippen MR) is 208 cm³/mol. The highest BCUT2D eigenvalue weighted by Gasteiger charge is 2.31. The van der Waals surface area contributed by atoms with Gasteiger partial charge in [0.25, 0.3) is 0 Å². The third kappa shape index (κ3) is 3.85. The first-order chi connectivity index (χ1) is 24.8. The summed E-state index contributed by atoms with van der Waals surface area (Å²) in [5, 5.41) is 2.25. The van der Waals surface area contributed by atoms with Crippen molar-refractivity contribution in [3.63, 3.8) is 0 Å². The van der Waals surface area contributed by atoms with Crippen LogP contribution in [-0.2, 0) is 0 Å². The van der Waals surface area contributed by atoms with E-state index in [1.165, 1.54) is 61.2 Å². The summed E-state index contributed by atoms with van der Waals surface area (Å²) in [5.41, 5.74) is 20.2. The van der Waals surface area contributed by atoms with Crippen LogP contribution in [-0.4, -0.2) is 0 Å². The maximum atomic E-state index is 6.45. The van der Waals surface area contributed by atoms with Crippen molar-refractivity contribution in [3.05, 3.63) is 176 Å². The van der Waals surface area contributed by atoms with Crippen LogP contribution in [0, 0.1) is 0 Å². The van der Waals surface area contributed by atoms with Crippen LogP contribution < -0.4 is 4.90 Å². The highest BCUT2D eigenvalue weighted by atomic mass is 16.3. The SMILES string of the molecule is c1ccc(-c2ccccc2N(c2ccc3c(c2)-c2c4cccc2-c2cccc-3c2-c2ccccc2-4)c2ccc3c(c2)oc2ccccc23)cc1. The van der Waals surface area contributed by atoms with Crippen LogP contribution in [0.5, 0.6) is 0 Å². The van der Waals surface area contributed by atoms with Gasteiger partial charge in [-0.3, -0.25) is 0 Å². The molecule has 0 aliphatic heterocycles. The Kier molecular flexibility index (Phi) is 5.70. The topological polar surface area (TPSA) is 16.4 Å². The third-order valence-corrected chi connectivity index (χ3v) is 10.6. The fourth-order valence-electron chi connectivity index (χ4n) is 8.44. The van der Waals surface area contributed by atoms with Crippen LogP contribution in [0.2, 0.25) is 0 Å². The van der Waals surface area contributed by atoms with E-state index in [-0.39, 0.29) is 0 Å². The zero-order valence-electron chi connectivity index (χ0n) is 27.1. The molecule has 6 bridgehead atoms. The van der Waals surface area contributed by atoms with Crippen molar-refractivity contribution in [3.8, 4) is 66.8 Å². The predicted octanol–water partition coefficient (Wildman–Crippen LogP) is 13.7. The number of furan rings is 1. The molecule has 0 saturated heterocycles. The number of nitrogens with zero attached hydrogens (tertiary/aromatic N) is 1. The van der Waals surface area contributed by atoms with Gasteiger partial charge in [0, 0.05) is 33.8 Å². The quantitative estimate of drug-likeness (QED) is 0.191. The fourth-order valence-corrected chi connectivity index (χ4v) is 8.44. The molecule has 0 unspecified atom stereocenters. The molecule has 9 aromatic rings. The van der Waals surface area contributed by atoms with E-state index in [1.807, 2.05) is 12.1 Å². The molecule has 0 spiro atoms. The highest BCUT2D eigenvalue weighted by Crippen LogP contribution is 2.58. The van der Waals surface area contributed by atoms with Crippen molar-refractivity contribution >= 4 is 39.0 Å². The second-order valence-electron chi connectivity index (χ2n) is 13.2. The molecule has 8 aromatic carbocycles. The van der Waals surface area contributed by atoms with Crippen molar-refractivity contribution in [2.24, 2.45) is 0 Å². The van der Waals surface area contributed by atoms with Gasteiger partial charge in [0.2, 0.25) is 0 Å². The smallest absolute Gasteiger partial charge is 0.137 e. The third-order valence-electron chi connectivity index (χ3n) is 10.6. The Labute approximate surface area is 290 Å². The molecule has 2 aliphatic carbocycles. The van der Waals surface area contributed by atoms with Crippen LogP contribution in [0.15, 0.2) is 180 Å². The molecule has 0 atom stereocenters. The molecule has 1 aromatic heterocycles. The number of anilines is 3. The van der Waals surface area contributed by atoms with Crippen LogP contribution >= 0.6 is 0 Å². The Morgan fingerprint density at radius 1 is 0.320 bits per heavy atom. The van der Waals surface area contributed by atoms with E-state index >= 15 is 0 Å². The van der Waals surface area contributed by atoms with Crippen molar-refractivity contribution < 1.29 is 4.42 Å². The lowest BCUT2D eigenvalue weighted by Crippen LogP contribution is -2.11. The highest BCUT2D eigenvalue weighted by molar-refractivity contribution is 6.15. The van der Waals surface area contributed by atoms with E-state index in [1.54, 1.807) is 0 Å². The molecular weight excluding hydrogens is 607 g/mol. The second-order valence-corrected chi connectivity index (χ2v) is 13.2. The number of para-hydroxylation sites is 2. The summed E-state index contributed by atoms with van der Waals surface area (Å²) in [6.45, 7) is 0. The Balaban J connectivity index is 1.20. The summed E-state index contributed by atoms with van der Waals surface area (Å²) in [6, 6.07) is 63.9. The zero-order valence-corrected chi connectivity index (χ0v) is 27.1. The molecule has 2 heteroatoms. The summed E-state index contributed by atoms with van der Waals surface area (Å²) in [6.07, 6.45) is 0. The van der Waals surface area contributed by atoms with Crippen molar-refractivity contribution in [2.45, 2.75) is 0 Å². The van der Waals surface area contributed by atoms with Gasteiger partial charge in [-0.2, -0.15) is 0 Å². The molecule has 0 N–H and O–H groups in total. The molecular formula is C48H29NO. The zero-order chi connectivity index (χ0) is 32.8. The van der Waals surface area contributed by atoms with E-state index < -0.39 is 0 Å². The summed E-state index contributed by atoms with van der Waals surface area (Å²) in [5.74, 6) is 0. The molecule has 11 rings (SSSR count). The summed E-state index contributed by atoms with van der Waals surface area (Å²) < 4.78 is 6.45. The van der Waals surface area contributed by atoms with Crippen molar-refractivity contribution in [1.29, 1.82) is 0 Å². The number of fused-ring (bicyclic) bond motifs is 7. The number of rotatable bonds is 4. The van der Waals surface area contributed by atoms with Gasteiger partial charge in [-0.1, -0.05) is 133 Å². The lowest BCUT2D eigenvalue weighted by molar-refractivity contribution is 0.669. The average molecular weight is 636 g/mol. The van der Waals surface area contributed by atoms with Crippen LogP contribution in [0.25, 0.3) is 88.7 Å². The maximum Gasteiger partial charge on any atom is 0.137 e. The Morgan fingerprint density at radius 2 is 0.860 bits per heavy atom. The monoisotopic (exact) mass is 635 g/mol. The first-order valence-electron chi connectivity index (χ1n) is 17.2. The van der Waals surface area contributed by atoms with Gasteiger partial charge in [0.15, 0.2) is 0 Å². The minimum absolute atomic E-state index is 0.875. The Bertz CT molecular complexity index is 2800. The molecule has 0 saturated carbocycles. The van der Waals surface area contributed by atoms with E-state index in [9.17, 15) is 0 Å². The van der Waals surface area contributed by atoms with Gasteiger partial charge in [-0.15, -0.1) is 0 Å². The van der Waals surface area contributed by atoms with Gasteiger partial charge >= 0.3 is 0 Å². The summed E-state index contributed by atoms with van der Waals surface area (Å²) in [7, 11) is 0. The minimum Gasteiger partial charge on any atom is -0.456 e. The lowest BCUT2D eigenvalue weighted by Gasteiger charge is -2.29. The maximum absolute atomic E-state index is 6.45. The average Bonchev–Trinajstić information content (AvgIpc) is 3.50. The summed E-state index contributed by atoms with van der Waals surface area (Å²) >= 11 is 0. The van der Waals surface area contributed by atoms with Gasteiger partial charge < -0.3 is 9.32 Å². The number of benzene rings is 8. The van der Waals surface area contributed by atoms with Crippen LogP contribution in [0.1, 0.15) is 0 Å². The Hall–Kier alpha value is -6.64. The van der Waals surface area contributed by atoms with Gasteiger partial charge in [0.05, 0.1) is 5.69 Å². The molecule has 2 nitrogen and oxygen atoms in total. The molecule has 0 amide bonds. The lowest BCUT2D eigenvalue weighted by atomic mass is 9.83. The van der Waals surface area contributed by atoms with E-state index in [4.69, 9.17) is 4.42 Å². The number of hydrogen-bond donors (Lipinski definition) is 0. The molecule has 1 heterocycles. The molecule has 50 heavy (non-hydrogen) atoms. The second kappa shape index (κ2) is 10.4. The molecule has 2 aliphatic rings. The van der Waals surface area contributed by atoms with Gasteiger partial charge in [-0.25, -0.2) is 0 Å². The normalized spacial score (nSPS) is 12.0. The minimum atomic E-state index is 0.875. The van der Waals surface area contributed by atoms with E-state index in [0.717, 1.165) is 44.6 Å². The van der Waals surface area contributed by atoms with Crippen LogP contribution in [0.4, 0.5) is 17.1 Å². The van der Waals surface area contributed by atoms with Crippen molar-refractivity contribution in [2.75, 3.05) is 4.90 Å². The van der Waals surface area contributed by atoms with E-state index in [2.05, 4.69) is 169 Å².